The first-order valence-electron chi connectivity index (χ1n) is 5.79. The van der Waals surface area contributed by atoms with Gasteiger partial charge >= 0.3 is 0 Å². The van der Waals surface area contributed by atoms with Gasteiger partial charge in [0.1, 0.15) is 0 Å². The van der Waals surface area contributed by atoms with Crippen molar-refractivity contribution in [2.24, 2.45) is 0 Å². The Hall–Kier alpha value is -1.54. The lowest BCUT2D eigenvalue weighted by Gasteiger charge is -2.14. The van der Waals surface area contributed by atoms with E-state index in [-0.39, 0.29) is 0 Å². The molecule has 0 radical (unpaired) electrons. The summed E-state index contributed by atoms with van der Waals surface area (Å²) in [6, 6.07) is 12.3. The molecule has 1 heterocycles. The first-order valence-corrected chi connectivity index (χ1v) is 6.16. The molecule has 0 amide bonds. The summed E-state index contributed by atoms with van der Waals surface area (Å²) in [5, 5.41) is 4.25. The summed E-state index contributed by atoms with van der Waals surface area (Å²) < 4.78 is 0. The maximum Gasteiger partial charge on any atom is 0.0691 e. The number of hydrogen-bond acceptors (Lipinski definition) is 2. The predicted octanol–water partition coefficient (Wildman–Crippen LogP) is 3.83. The Labute approximate surface area is 106 Å². The highest BCUT2D eigenvalue weighted by Crippen LogP contribution is 2.32. The number of pyridine rings is 1. The van der Waals surface area contributed by atoms with Crippen molar-refractivity contribution >= 4 is 17.3 Å². The molecule has 3 heteroatoms. The van der Waals surface area contributed by atoms with Gasteiger partial charge in [-0.25, -0.2) is 0 Å². The average Bonchev–Trinajstić information content (AvgIpc) is 2.73. The van der Waals surface area contributed by atoms with E-state index in [0.717, 1.165) is 23.6 Å². The van der Waals surface area contributed by atoms with Gasteiger partial charge in [-0.1, -0.05) is 23.7 Å². The van der Waals surface area contributed by atoms with E-state index in [1.54, 1.807) is 0 Å². The minimum Gasteiger partial charge on any atom is -0.377 e. The molecule has 17 heavy (non-hydrogen) atoms. The lowest BCUT2D eigenvalue weighted by atomic mass is 10.2. The molecule has 86 valence electrons. The second-order valence-electron chi connectivity index (χ2n) is 4.29. The Balaban J connectivity index is 1.84. The van der Waals surface area contributed by atoms with Gasteiger partial charge < -0.3 is 5.32 Å². The predicted molar refractivity (Wildman–Crippen MR) is 70.4 cm³/mol. The average molecular weight is 245 g/mol. The Kier molecular flexibility index (Phi) is 2.73. The van der Waals surface area contributed by atoms with Crippen LogP contribution >= 0.6 is 11.6 Å². The molecule has 2 nitrogen and oxygen atoms in total. The van der Waals surface area contributed by atoms with Crippen molar-refractivity contribution in [3.05, 3.63) is 58.9 Å². The monoisotopic (exact) mass is 244 g/mol. The van der Waals surface area contributed by atoms with Crippen LogP contribution in [0.3, 0.4) is 0 Å². The Bertz CT molecular complexity index is 539. The van der Waals surface area contributed by atoms with Crippen molar-refractivity contribution in [1.29, 1.82) is 0 Å². The fourth-order valence-corrected chi connectivity index (χ4v) is 2.52. The molecule has 2 aromatic rings. The summed E-state index contributed by atoms with van der Waals surface area (Å²) in [4.78, 5) is 4.46. The summed E-state index contributed by atoms with van der Waals surface area (Å²) in [6.07, 6.45) is 4.05. The third-order valence-electron chi connectivity index (χ3n) is 3.12. The highest BCUT2D eigenvalue weighted by atomic mass is 35.5. The zero-order chi connectivity index (χ0) is 11.7. The van der Waals surface area contributed by atoms with E-state index in [4.69, 9.17) is 11.6 Å². The van der Waals surface area contributed by atoms with Crippen LogP contribution in [0.2, 0.25) is 5.02 Å². The maximum atomic E-state index is 5.97. The van der Waals surface area contributed by atoms with Gasteiger partial charge in [-0.15, -0.1) is 0 Å². The van der Waals surface area contributed by atoms with Crippen molar-refractivity contribution in [3.8, 4) is 0 Å². The van der Waals surface area contributed by atoms with E-state index < -0.39 is 0 Å². The van der Waals surface area contributed by atoms with Gasteiger partial charge in [-0.3, -0.25) is 4.98 Å². The summed E-state index contributed by atoms with van der Waals surface area (Å²) in [5.74, 6) is 0. The topological polar surface area (TPSA) is 24.9 Å². The maximum absolute atomic E-state index is 5.97. The molecule has 0 bridgehead atoms. The number of benzene rings is 1. The quantitative estimate of drug-likeness (QED) is 0.868. The normalized spacial score (nSPS) is 17.8. The van der Waals surface area contributed by atoms with Gasteiger partial charge in [0.2, 0.25) is 0 Å². The highest BCUT2D eigenvalue weighted by molar-refractivity contribution is 6.30. The van der Waals surface area contributed by atoms with Gasteiger partial charge in [-0.05, 0) is 42.7 Å². The number of fused-ring (bicyclic) bond motifs is 1. The van der Waals surface area contributed by atoms with Gasteiger partial charge in [0, 0.05) is 16.9 Å². The molecule has 3 rings (SSSR count). The van der Waals surface area contributed by atoms with Crippen LogP contribution in [-0.2, 0) is 6.42 Å². The molecule has 1 aliphatic rings. The molecule has 0 saturated heterocycles. The molecule has 1 aromatic heterocycles. The van der Waals surface area contributed by atoms with Crippen LogP contribution in [0.4, 0.5) is 5.69 Å². The van der Waals surface area contributed by atoms with Crippen LogP contribution in [0, 0.1) is 0 Å². The van der Waals surface area contributed by atoms with E-state index >= 15 is 0 Å². The molecule has 1 atom stereocenters. The van der Waals surface area contributed by atoms with Crippen molar-refractivity contribution in [1.82, 2.24) is 4.98 Å². The zero-order valence-electron chi connectivity index (χ0n) is 9.36. The number of nitrogens with zero attached hydrogens (tertiary/aromatic N) is 1. The van der Waals surface area contributed by atoms with Crippen LogP contribution < -0.4 is 5.32 Å². The Morgan fingerprint density at radius 2 is 2.18 bits per heavy atom. The van der Waals surface area contributed by atoms with E-state index in [1.165, 1.54) is 11.3 Å². The van der Waals surface area contributed by atoms with Crippen LogP contribution in [0.15, 0.2) is 42.6 Å². The van der Waals surface area contributed by atoms with Gasteiger partial charge in [0.05, 0.1) is 11.7 Å². The molecule has 1 unspecified atom stereocenters. The SMILES string of the molecule is Clc1cccc(NC2CCc3cccnc32)c1. The number of aryl methyl sites for hydroxylation is 1. The summed E-state index contributed by atoms with van der Waals surface area (Å²) >= 11 is 5.97. The lowest BCUT2D eigenvalue weighted by Crippen LogP contribution is -2.08. The molecular formula is C14H13ClN2. The van der Waals surface area contributed by atoms with Crippen LogP contribution in [0.25, 0.3) is 0 Å². The van der Waals surface area contributed by atoms with E-state index in [2.05, 4.69) is 16.4 Å². The number of nitrogens with one attached hydrogen (secondary N) is 1. The van der Waals surface area contributed by atoms with Gasteiger partial charge in [0.25, 0.3) is 0 Å². The molecule has 0 saturated carbocycles. The first-order chi connectivity index (χ1) is 8.33. The van der Waals surface area contributed by atoms with E-state index in [9.17, 15) is 0 Å². The van der Waals surface area contributed by atoms with Crippen molar-refractivity contribution in [2.75, 3.05) is 5.32 Å². The Morgan fingerprint density at radius 1 is 1.24 bits per heavy atom. The third-order valence-corrected chi connectivity index (χ3v) is 3.36. The lowest BCUT2D eigenvalue weighted by molar-refractivity contribution is 0.746. The zero-order valence-corrected chi connectivity index (χ0v) is 10.1. The summed E-state index contributed by atoms with van der Waals surface area (Å²) in [6.45, 7) is 0. The van der Waals surface area contributed by atoms with Crippen LogP contribution in [0.5, 0.6) is 0 Å². The fourth-order valence-electron chi connectivity index (χ4n) is 2.33. The molecule has 0 spiro atoms. The molecule has 0 fully saturated rings. The number of hydrogen-bond donors (Lipinski definition) is 1. The van der Waals surface area contributed by atoms with Crippen LogP contribution in [0.1, 0.15) is 23.7 Å². The largest absolute Gasteiger partial charge is 0.377 e. The minimum atomic E-state index is 0.310. The van der Waals surface area contributed by atoms with Gasteiger partial charge in [-0.2, -0.15) is 0 Å². The fraction of sp³-hybridized carbons (Fsp3) is 0.214. The molecule has 1 aromatic carbocycles. The first kappa shape index (κ1) is 10.6. The molecular weight excluding hydrogens is 232 g/mol. The van der Waals surface area contributed by atoms with Gasteiger partial charge in [0.15, 0.2) is 0 Å². The second-order valence-corrected chi connectivity index (χ2v) is 4.73. The smallest absolute Gasteiger partial charge is 0.0691 e. The van der Waals surface area contributed by atoms with Crippen molar-refractivity contribution in [2.45, 2.75) is 18.9 Å². The van der Waals surface area contributed by atoms with Crippen molar-refractivity contribution < 1.29 is 0 Å². The van der Waals surface area contributed by atoms with E-state index in [1.807, 2.05) is 36.5 Å². The summed E-state index contributed by atoms with van der Waals surface area (Å²) in [5.41, 5.74) is 3.58. The molecule has 1 aliphatic carbocycles. The number of halogens is 1. The minimum absolute atomic E-state index is 0.310. The number of anilines is 1. The number of aromatic nitrogens is 1. The second kappa shape index (κ2) is 4.38. The third kappa shape index (κ3) is 2.13. The Morgan fingerprint density at radius 3 is 3.06 bits per heavy atom. The molecule has 1 N–H and O–H groups in total. The number of rotatable bonds is 2. The van der Waals surface area contributed by atoms with Crippen molar-refractivity contribution in [3.63, 3.8) is 0 Å². The molecule has 0 aliphatic heterocycles. The van der Waals surface area contributed by atoms with Crippen LogP contribution in [-0.4, -0.2) is 4.98 Å². The highest BCUT2D eigenvalue weighted by Gasteiger charge is 2.23. The standard InChI is InChI=1S/C14H13ClN2/c15-11-4-1-5-12(9-11)17-13-7-6-10-3-2-8-16-14(10)13/h1-5,8-9,13,17H,6-7H2. The van der Waals surface area contributed by atoms with E-state index in [0.29, 0.717) is 6.04 Å². The summed E-state index contributed by atoms with van der Waals surface area (Å²) in [7, 11) is 0.